The number of benzene rings is 3. The lowest BCUT2D eigenvalue weighted by molar-refractivity contribution is 0.0732. The molecular formula is C25H22O2. The molecule has 0 amide bonds. The molecule has 27 heavy (non-hydrogen) atoms. The lowest BCUT2D eigenvalue weighted by Crippen LogP contribution is -2.39. The summed E-state index contributed by atoms with van der Waals surface area (Å²) >= 11 is 0. The lowest BCUT2D eigenvalue weighted by Gasteiger charge is -2.36. The zero-order valence-corrected chi connectivity index (χ0v) is 15.3. The average Bonchev–Trinajstić information content (AvgIpc) is 2.73. The average molecular weight is 354 g/mol. The Bertz CT molecular complexity index is 944. The highest BCUT2D eigenvalue weighted by atomic mass is 16.5. The maximum absolute atomic E-state index is 13.3. The summed E-state index contributed by atoms with van der Waals surface area (Å²) in [7, 11) is 0. The number of hydrogen-bond acceptors (Lipinski definition) is 2. The second-order valence-electron chi connectivity index (χ2n) is 6.93. The number of rotatable bonds is 4. The summed E-state index contributed by atoms with van der Waals surface area (Å²) in [6.07, 6.45) is 3.76. The van der Waals surface area contributed by atoms with Gasteiger partial charge in [-0.25, -0.2) is 0 Å². The molecule has 1 heterocycles. The first-order valence-corrected chi connectivity index (χ1v) is 9.32. The van der Waals surface area contributed by atoms with Crippen LogP contribution in [0.15, 0.2) is 91.0 Å². The molecule has 1 aliphatic heterocycles. The highest BCUT2D eigenvalue weighted by molar-refractivity contribution is 5.99. The van der Waals surface area contributed by atoms with E-state index in [2.05, 4.69) is 13.0 Å². The number of fused-ring (bicyclic) bond motifs is 1. The number of Topliss-reactive ketones (excluding diaryl/α,β-unsaturated/α-hetero) is 1. The topological polar surface area (TPSA) is 26.3 Å². The van der Waals surface area contributed by atoms with E-state index in [1.54, 1.807) is 0 Å². The molecule has 4 rings (SSSR count). The van der Waals surface area contributed by atoms with E-state index < -0.39 is 0 Å². The van der Waals surface area contributed by atoms with Gasteiger partial charge in [-0.15, -0.1) is 0 Å². The second kappa shape index (κ2) is 7.63. The van der Waals surface area contributed by atoms with Crippen LogP contribution < -0.4 is 4.74 Å². The molecular weight excluding hydrogens is 332 g/mol. The van der Waals surface area contributed by atoms with E-state index in [1.807, 2.05) is 91.0 Å². The van der Waals surface area contributed by atoms with E-state index in [0.29, 0.717) is 0 Å². The minimum Gasteiger partial charge on any atom is -0.485 e. The minimum absolute atomic E-state index is 0.0769. The van der Waals surface area contributed by atoms with Gasteiger partial charge in [0.25, 0.3) is 0 Å². The van der Waals surface area contributed by atoms with Gasteiger partial charge in [0.2, 0.25) is 0 Å². The van der Waals surface area contributed by atoms with Gasteiger partial charge in [-0.2, -0.15) is 0 Å². The van der Waals surface area contributed by atoms with Crippen LogP contribution in [0.2, 0.25) is 0 Å². The Hall–Kier alpha value is -3.13. The van der Waals surface area contributed by atoms with Crippen molar-refractivity contribution in [1.82, 2.24) is 0 Å². The van der Waals surface area contributed by atoms with Crippen molar-refractivity contribution in [3.05, 3.63) is 108 Å². The van der Waals surface area contributed by atoms with Crippen LogP contribution in [0, 0.1) is 5.92 Å². The van der Waals surface area contributed by atoms with Gasteiger partial charge >= 0.3 is 0 Å². The number of carbonyl (C=O) groups is 1. The normalized spacial score (nSPS) is 21.4. The first kappa shape index (κ1) is 17.3. The predicted molar refractivity (Wildman–Crippen MR) is 109 cm³/mol. The molecule has 0 fully saturated rings. The second-order valence-corrected chi connectivity index (χ2v) is 6.93. The summed E-state index contributed by atoms with van der Waals surface area (Å²) < 4.78 is 6.27. The van der Waals surface area contributed by atoms with Crippen molar-refractivity contribution in [3.63, 3.8) is 0 Å². The first-order valence-electron chi connectivity index (χ1n) is 9.32. The Morgan fingerprint density at radius 3 is 2.22 bits per heavy atom. The third kappa shape index (κ3) is 3.56. The number of ether oxygens (including phenoxy) is 1. The molecule has 134 valence electrons. The van der Waals surface area contributed by atoms with Gasteiger partial charge in [-0.05, 0) is 29.2 Å². The third-order valence-electron chi connectivity index (χ3n) is 5.20. The Balaban J connectivity index is 1.72. The molecule has 3 atom stereocenters. The van der Waals surface area contributed by atoms with E-state index >= 15 is 0 Å². The Kier molecular flexibility index (Phi) is 4.88. The molecule has 0 aliphatic carbocycles. The van der Waals surface area contributed by atoms with Crippen molar-refractivity contribution in [2.45, 2.75) is 18.9 Å². The van der Waals surface area contributed by atoms with Crippen LogP contribution in [-0.4, -0.2) is 11.9 Å². The van der Waals surface area contributed by atoms with E-state index in [1.165, 1.54) is 0 Å². The first-order chi connectivity index (χ1) is 13.2. The molecule has 0 spiro atoms. The van der Waals surface area contributed by atoms with Gasteiger partial charge in [0.1, 0.15) is 11.9 Å². The smallest absolute Gasteiger partial charge is 0.170 e. The number of ketones is 1. The van der Waals surface area contributed by atoms with Crippen molar-refractivity contribution in [2.24, 2.45) is 5.92 Å². The van der Waals surface area contributed by atoms with E-state index in [4.69, 9.17) is 4.74 Å². The fourth-order valence-corrected chi connectivity index (χ4v) is 3.76. The van der Waals surface area contributed by atoms with Crippen LogP contribution in [0.5, 0.6) is 5.75 Å². The zero-order valence-electron chi connectivity index (χ0n) is 15.3. The van der Waals surface area contributed by atoms with Crippen LogP contribution in [0.25, 0.3) is 6.08 Å². The largest absolute Gasteiger partial charge is 0.485 e. The van der Waals surface area contributed by atoms with E-state index in [0.717, 1.165) is 22.4 Å². The monoisotopic (exact) mass is 354 g/mol. The minimum atomic E-state index is -0.303. The maximum Gasteiger partial charge on any atom is 0.170 e. The summed E-state index contributed by atoms with van der Waals surface area (Å²) in [5, 5.41) is 0. The van der Waals surface area contributed by atoms with Gasteiger partial charge in [-0.1, -0.05) is 91.9 Å². The van der Waals surface area contributed by atoms with Crippen LogP contribution in [0.1, 0.15) is 34.3 Å². The predicted octanol–water partition coefficient (Wildman–Crippen LogP) is 5.76. The lowest BCUT2D eigenvalue weighted by atomic mass is 9.76. The van der Waals surface area contributed by atoms with Crippen LogP contribution in [-0.2, 0) is 0 Å². The van der Waals surface area contributed by atoms with Crippen molar-refractivity contribution in [1.29, 1.82) is 0 Å². The molecule has 0 N–H and O–H groups in total. The molecule has 3 aromatic rings. The fraction of sp³-hybridized carbons (Fsp3) is 0.160. The van der Waals surface area contributed by atoms with Crippen molar-refractivity contribution < 1.29 is 9.53 Å². The van der Waals surface area contributed by atoms with Crippen LogP contribution in [0.4, 0.5) is 0 Å². The SMILES string of the molecule is CC1c2ccccc2OC(/C=C/c2ccccc2)C1C(=O)c1ccccc1. The summed E-state index contributed by atoms with van der Waals surface area (Å²) in [6.45, 7) is 2.12. The third-order valence-corrected chi connectivity index (χ3v) is 5.20. The molecule has 2 heteroatoms. The zero-order chi connectivity index (χ0) is 18.6. The Morgan fingerprint density at radius 1 is 0.852 bits per heavy atom. The molecule has 2 nitrogen and oxygen atoms in total. The maximum atomic E-state index is 13.3. The molecule has 3 aromatic carbocycles. The summed E-state index contributed by atoms with van der Waals surface area (Å²) in [6, 6.07) is 27.6. The van der Waals surface area contributed by atoms with Crippen LogP contribution >= 0.6 is 0 Å². The van der Waals surface area contributed by atoms with E-state index in [-0.39, 0.29) is 23.7 Å². The molecule has 0 saturated heterocycles. The Morgan fingerprint density at radius 2 is 1.48 bits per heavy atom. The summed E-state index contributed by atoms with van der Waals surface area (Å²) in [4.78, 5) is 13.3. The summed E-state index contributed by atoms with van der Waals surface area (Å²) in [5.74, 6) is 0.806. The van der Waals surface area contributed by atoms with Gasteiger partial charge in [0.15, 0.2) is 5.78 Å². The Labute approximate surface area is 160 Å². The fourth-order valence-electron chi connectivity index (χ4n) is 3.76. The van der Waals surface area contributed by atoms with Crippen molar-refractivity contribution in [2.75, 3.05) is 0 Å². The van der Waals surface area contributed by atoms with Gasteiger partial charge in [0, 0.05) is 5.56 Å². The molecule has 0 radical (unpaired) electrons. The molecule has 0 aromatic heterocycles. The highest BCUT2D eigenvalue weighted by Crippen LogP contribution is 2.41. The van der Waals surface area contributed by atoms with Gasteiger partial charge in [-0.3, -0.25) is 4.79 Å². The quantitative estimate of drug-likeness (QED) is 0.557. The number of para-hydroxylation sites is 1. The number of carbonyl (C=O) groups excluding carboxylic acids is 1. The summed E-state index contributed by atoms with van der Waals surface area (Å²) in [5.41, 5.74) is 2.92. The molecule has 1 aliphatic rings. The van der Waals surface area contributed by atoms with Gasteiger partial charge < -0.3 is 4.74 Å². The highest BCUT2D eigenvalue weighted by Gasteiger charge is 2.39. The molecule has 0 bridgehead atoms. The van der Waals surface area contributed by atoms with Gasteiger partial charge in [0.05, 0.1) is 5.92 Å². The van der Waals surface area contributed by atoms with Crippen LogP contribution in [0.3, 0.4) is 0 Å². The standard InChI is InChI=1S/C25H22O2/c1-18-21-14-8-9-15-22(21)27-23(17-16-19-10-4-2-5-11-19)24(18)25(26)20-12-6-3-7-13-20/h2-18,23-24H,1H3/b17-16+. The van der Waals surface area contributed by atoms with E-state index in [9.17, 15) is 4.79 Å². The van der Waals surface area contributed by atoms with Crippen molar-refractivity contribution in [3.8, 4) is 5.75 Å². The van der Waals surface area contributed by atoms with Crippen molar-refractivity contribution >= 4 is 11.9 Å². The number of hydrogen-bond donors (Lipinski definition) is 0. The molecule has 3 unspecified atom stereocenters. The molecule has 0 saturated carbocycles.